The number of carbonyl (C=O) groups excluding carboxylic acids is 3. The number of nitrogens with zero attached hydrogens (tertiary/aromatic N) is 5. The predicted molar refractivity (Wildman–Crippen MR) is 189 cm³/mol. The summed E-state index contributed by atoms with van der Waals surface area (Å²) in [7, 11) is 2.13. The molecule has 4 aliphatic rings. The molecule has 4 N–H and O–H groups in total. The van der Waals surface area contributed by atoms with Gasteiger partial charge in [0.2, 0.25) is 5.91 Å². The van der Waals surface area contributed by atoms with E-state index in [1.165, 1.54) is 6.07 Å². The molecule has 3 saturated heterocycles. The van der Waals surface area contributed by atoms with Crippen LogP contribution in [0.4, 0.5) is 34.1 Å². The molecule has 16 heteroatoms. The van der Waals surface area contributed by atoms with Crippen molar-refractivity contribution < 1.29 is 27.6 Å². The highest BCUT2D eigenvalue weighted by Gasteiger charge is 2.37. The molecule has 4 aliphatic heterocycles. The van der Waals surface area contributed by atoms with Crippen molar-refractivity contribution in [1.82, 2.24) is 29.8 Å². The number of hydrogen-bond donors (Lipinski definition) is 3. The maximum Gasteiger partial charge on any atom is 0.418 e. The highest BCUT2D eigenvalue weighted by Crippen LogP contribution is 2.38. The molecule has 11 nitrogen and oxygen atoms in total. The lowest BCUT2D eigenvalue weighted by Gasteiger charge is -2.40. The predicted octanol–water partition coefficient (Wildman–Crippen LogP) is 4.81. The Bertz CT molecular complexity index is 1540. The Morgan fingerprint density at radius 1 is 0.980 bits per heavy atom. The maximum absolute atomic E-state index is 14.1. The normalized spacial score (nSPS) is 21.3. The zero-order valence-electron chi connectivity index (χ0n) is 28.3. The van der Waals surface area contributed by atoms with Crippen LogP contribution in [-0.2, 0) is 23.8 Å². The molecule has 1 atom stereocenters. The van der Waals surface area contributed by atoms with Gasteiger partial charge in [-0.3, -0.25) is 9.69 Å². The Hall–Kier alpha value is -3.27. The number of nitrogens with one attached hydrogen (secondary N) is 2. The van der Waals surface area contributed by atoms with E-state index in [2.05, 4.69) is 27.5 Å². The van der Waals surface area contributed by atoms with Crippen molar-refractivity contribution in [2.75, 3.05) is 77.0 Å². The molecule has 0 radical (unpaired) electrons. The number of urea groups is 2. The second-order valence-corrected chi connectivity index (χ2v) is 15.0. The number of hydrogen-bond acceptors (Lipinski definition) is 7. The second kappa shape index (κ2) is 15.5. The number of likely N-dealkylation sites (tertiary alicyclic amines) is 2. The highest BCUT2D eigenvalue weighted by molar-refractivity contribution is 7.08. The first kappa shape index (κ1) is 36.5. The first-order valence-electron chi connectivity index (χ1n) is 17.4. The number of nitrogen functional groups attached to an aromatic ring is 1. The van der Waals surface area contributed by atoms with Crippen molar-refractivity contribution in [2.24, 2.45) is 0 Å². The fourth-order valence-corrected chi connectivity index (χ4v) is 8.76. The molecule has 50 heavy (non-hydrogen) atoms. The Balaban J connectivity index is 1.12. The van der Waals surface area contributed by atoms with E-state index in [-0.39, 0.29) is 35.0 Å². The topological polar surface area (TPSA) is 117 Å². The van der Waals surface area contributed by atoms with E-state index in [1.807, 2.05) is 15.7 Å². The molecule has 1 aromatic heterocycles. The summed E-state index contributed by atoms with van der Waals surface area (Å²) >= 11 is 7.69. The van der Waals surface area contributed by atoms with Gasteiger partial charge < -0.3 is 36.0 Å². The number of alkyl halides is 3. The molecule has 5 amide bonds. The fraction of sp³-hybridized carbons (Fsp3) is 0.618. The standard InChI is InChI=1S/C34H46ClF3N8O3S/c1-42-8-2-9-43(16-15-42)24-4-10-44(11-5-24)31(47)28(19-22-17-26(34(36,37)38)30(39)27(35)18-22)40-32(48)45-12-6-25(7-13-45)46-14-3-23-20-50-21-29(23)41-33(46)49/h17-18,20-21,24-25,28H,2-16,19,39H2,1H3,(H,40,48)(H,41,49)/t28-/m1/s1. The Kier molecular flexibility index (Phi) is 11.4. The zero-order chi connectivity index (χ0) is 35.6. The molecule has 274 valence electrons. The monoisotopic (exact) mass is 738 g/mol. The summed E-state index contributed by atoms with van der Waals surface area (Å²) in [4.78, 5) is 50.7. The Morgan fingerprint density at radius 2 is 1.68 bits per heavy atom. The molecule has 0 unspecified atom stereocenters. The number of halogens is 4. The Morgan fingerprint density at radius 3 is 2.40 bits per heavy atom. The average Bonchev–Trinajstić information content (AvgIpc) is 3.32. The van der Waals surface area contributed by atoms with Gasteiger partial charge in [-0.1, -0.05) is 11.6 Å². The minimum atomic E-state index is -4.74. The number of rotatable bonds is 6. The van der Waals surface area contributed by atoms with Gasteiger partial charge in [0, 0.05) is 69.7 Å². The van der Waals surface area contributed by atoms with Crippen LogP contribution in [0.2, 0.25) is 5.02 Å². The van der Waals surface area contributed by atoms with Gasteiger partial charge in [-0.25, -0.2) is 9.59 Å². The number of nitrogens with two attached hydrogens (primary N) is 1. The van der Waals surface area contributed by atoms with Gasteiger partial charge in [-0.05, 0) is 87.3 Å². The number of likely N-dealkylation sites (N-methyl/N-ethyl adjacent to an activating group) is 1. The zero-order valence-corrected chi connectivity index (χ0v) is 29.9. The van der Waals surface area contributed by atoms with Gasteiger partial charge in [0.1, 0.15) is 6.04 Å². The molecular formula is C34H46ClF3N8O3S. The maximum atomic E-state index is 14.1. The van der Waals surface area contributed by atoms with Crippen molar-refractivity contribution in [1.29, 1.82) is 0 Å². The molecule has 6 rings (SSSR count). The van der Waals surface area contributed by atoms with E-state index < -0.39 is 29.5 Å². The summed E-state index contributed by atoms with van der Waals surface area (Å²) in [6.45, 7) is 6.34. The summed E-state index contributed by atoms with van der Waals surface area (Å²) in [5.41, 5.74) is 6.14. The first-order chi connectivity index (χ1) is 23.9. The van der Waals surface area contributed by atoms with Gasteiger partial charge in [0.25, 0.3) is 0 Å². The number of amides is 5. The lowest BCUT2D eigenvalue weighted by Crippen LogP contribution is -2.57. The van der Waals surface area contributed by atoms with Crippen molar-refractivity contribution in [2.45, 2.75) is 69.2 Å². The molecule has 0 bridgehead atoms. The molecule has 1 aromatic carbocycles. The number of piperidine rings is 2. The fourth-order valence-electron chi connectivity index (χ4n) is 7.69. The van der Waals surface area contributed by atoms with E-state index in [9.17, 15) is 27.6 Å². The van der Waals surface area contributed by atoms with Crippen LogP contribution in [0, 0.1) is 0 Å². The summed E-state index contributed by atoms with van der Waals surface area (Å²) < 4.78 is 41.5. The molecular weight excluding hydrogens is 693 g/mol. The van der Waals surface area contributed by atoms with Crippen LogP contribution in [0.5, 0.6) is 0 Å². The summed E-state index contributed by atoms with van der Waals surface area (Å²) in [5.74, 6) is -0.336. The van der Waals surface area contributed by atoms with Crippen LogP contribution >= 0.6 is 22.9 Å². The Labute approximate surface area is 299 Å². The van der Waals surface area contributed by atoms with E-state index >= 15 is 0 Å². The van der Waals surface area contributed by atoms with Crippen molar-refractivity contribution >= 4 is 52.3 Å². The molecule has 2 aromatic rings. The van der Waals surface area contributed by atoms with Crippen LogP contribution in [0.25, 0.3) is 0 Å². The van der Waals surface area contributed by atoms with E-state index in [0.29, 0.717) is 51.6 Å². The minimum Gasteiger partial charge on any atom is -0.397 e. The lowest BCUT2D eigenvalue weighted by atomic mass is 9.98. The van der Waals surface area contributed by atoms with Crippen molar-refractivity contribution in [3.05, 3.63) is 44.6 Å². The molecule has 0 aliphatic carbocycles. The third-order valence-electron chi connectivity index (χ3n) is 10.6. The summed E-state index contributed by atoms with van der Waals surface area (Å²) in [5, 5.41) is 9.58. The van der Waals surface area contributed by atoms with Gasteiger partial charge >= 0.3 is 18.2 Å². The second-order valence-electron chi connectivity index (χ2n) is 13.9. The number of anilines is 2. The SMILES string of the molecule is CN1CCCN(C2CCN(C(=O)[C@@H](Cc3cc(Cl)c(N)c(C(F)(F)F)c3)NC(=O)N3CCC(N4CCc5cscc5NC4=O)CC3)CC2)CC1. The number of fused-ring (bicyclic) bond motifs is 1. The van der Waals surface area contributed by atoms with Crippen LogP contribution in [0.3, 0.4) is 0 Å². The van der Waals surface area contributed by atoms with E-state index in [4.69, 9.17) is 17.3 Å². The molecule has 5 heterocycles. The summed E-state index contributed by atoms with van der Waals surface area (Å²) in [6, 6.07) is 0.814. The molecule has 0 spiro atoms. The quantitative estimate of drug-likeness (QED) is 0.367. The van der Waals surface area contributed by atoms with Gasteiger partial charge in [-0.15, -0.1) is 11.3 Å². The lowest BCUT2D eigenvalue weighted by molar-refractivity contribution is -0.137. The smallest absolute Gasteiger partial charge is 0.397 e. The number of benzene rings is 1. The van der Waals surface area contributed by atoms with Crippen LogP contribution < -0.4 is 16.4 Å². The van der Waals surface area contributed by atoms with Crippen molar-refractivity contribution in [3.63, 3.8) is 0 Å². The largest absolute Gasteiger partial charge is 0.418 e. The van der Waals surface area contributed by atoms with Crippen LogP contribution in [0.15, 0.2) is 22.9 Å². The van der Waals surface area contributed by atoms with E-state index in [1.54, 1.807) is 21.1 Å². The third-order valence-corrected chi connectivity index (χ3v) is 11.7. The number of thiophene rings is 1. The van der Waals surface area contributed by atoms with Crippen LogP contribution in [0.1, 0.15) is 48.8 Å². The summed E-state index contributed by atoms with van der Waals surface area (Å²) in [6.07, 6.45) is -0.382. The molecule has 0 saturated carbocycles. The van der Waals surface area contributed by atoms with Gasteiger partial charge in [0.05, 0.1) is 22.0 Å². The molecule has 3 fully saturated rings. The van der Waals surface area contributed by atoms with Gasteiger partial charge in [-0.2, -0.15) is 13.2 Å². The van der Waals surface area contributed by atoms with Crippen LogP contribution in [-0.4, -0.2) is 127 Å². The minimum absolute atomic E-state index is 0.0484. The van der Waals surface area contributed by atoms with Gasteiger partial charge in [0.15, 0.2) is 0 Å². The van der Waals surface area contributed by atoms with E-state index in [0.717, 1.165) is 69.2 Å². The first-order valence-corrected chi connectivity index (χ1v) is 18.7. The average molecular weight is 739 g/mol. The third kappa shape index (κ3) is 8.43. The van der Waals surface area contributed by atoms with Crippen molar-refractivity contribution in [3.8, 4) is 0 Å². The highest BCUT2D eigenvalue weighted by atomic mass is 35.5. The number of carbonyl (C=O) groups is 3.